The average Bonchev–Trinajstić information content (AvgIpc) is 4.19. The van der Waals surface area contributed by atoms with Gasteiger partial charge in [0.15, 0.2) is 11.6 Å². The van der Waals surface area contributed by atoms with Crippen LogP contribution >= 0.6 is 0 Å². The Morgan fingerprint density at radius 2 is 0.956 bits per heavy atom. The SMILES string of the molecule is COc1cc(/C=C/c2nc3n(n2)CCC[C@@H]3C2CCN(C(C)C)CC2)ccc1-n1cnc(C)c1.COc1cc(/C=C/c2nc3n(n2)CCC[C@H]3C2CCN(C(C)C)CC2)ccc1-n1cnc(C)c1. The molecular weight excluding hydrogens is 849 g/mol. The Hall–Kier alpha value is -5.86. The van der Waals surface area contributed by atoms with E-state index in [1.165, 1.54) is 89.2 Å². The first kappa shape index (κ1) is 47.2. The van der Waals surface area contributed by atoms with E-state index in [1.807, 2.05) is 72.3 Å². The normalized spacial score (nSPS) is 19.7. The third-order valence-electron chi connectivity index (χ3n) is 14.9. The number of methoxy groups -OCH3 is 2. The number of fused-ring (bicyclic) bond motifs is 2. The number of hydrogen-bond acceptors (Lipinski definition) is 10. The maximum Gasteiger partial charge on any atom is 0.174 e. The molecule has 6 aromatic rings. The molecule has 4 aliphatic rings. The van der Waals surface area contributed by atoms with E-state index in [0.717, 1.165) is 82.0 Å². The Morgan fingerprint density at radius 1 is 0.544 bits per heavy atom. The highest BCUT2D eigenvalue weighted by atomic mass is 16.5. The molecule has 2 aromatic carbocycles. The first-order valence-corrected chi connectivity index (χ1v) is 25.1. The number of aromatic nitrogens is 10. The number of nitrogens with zero attached hydrogens (tertiary/aromatic N) is 12. The summed E-state index contributed by atoms with van der Waals surface area (Å²) < 4.78 is 19.6. The molecule has 4 aliphatic heterocycles. The number of ether oxygens (including phenoxy) is 2. The summed E-state index contributed by atoms with van der Waals surface area (Å²) in [6, 6.07) is 13.7. The fourth-order valence-electron chi connectivity index (χ4n) is 11.0. The van der Waals surface area contributed by atoms with Gasteiger partial charge < -0.3 is 28.4 Å². The summed E-state index contributed by atoms with van der Waals surface area (Å²) in [6.07, 6.45) is 25.7. The zero-order chi connectivity index (χ0) is 47.3. The Bertz CT molecular complexity index is 2490. The molecule has 0 unspecified atom stereocenters. The Labute approximate surface area is 403 Å². The van der Waals surface area contributed by atoms with Crippen molar-refractivity contribution in [3.05, 3.63) is 107 Å². The lowest BCUT2D eigenvalue weighted by molar-refractivity contribution is 0.128. The summed E-state index contributed by atoms with van der Waals surface area (Å²) in [4.78, 5) is 23.8. The van der Waals surface area contributed by atoms with E-state index >= 15 is 0 Å². The molecule has 0 spiro atoms. The van der Waals surface area contributed by atoms with Crippen LogP contribution in [0.3, 0.4) is 0 Å². The van der Waals surface area contributed by atoms with Crippen LogP contribution in [0.1, 0.15) is 137 Å². The highest BCUT2D eigenvalue weighted by Crippen LogP contribution is 2.40. The highest BCUT2D eigenvalue weighted by molar-refractivity contribution is 5.70. The maximum atomic E-state index is 5.65. The van der Waals surface area contributed by atoms with Crippen molar-refractivity contribution >= 4 is 24.3 Å². The molecule has 0 bridgehead atoms. The van der Waals surface area contributed by atoms with Gasteiger partial charge in [0.2, 0.25) is 0 Å². The minimum absolute atomic E-state index is 0.538. The second kappa shape index (κ2) is 21.2. The molecule has 0 aliphatic carbocycles. The lowest BCUT2D eigenvalue weighted by Gasteiger charge is -2.38. The fraction of sp³-hybridized carbons (Fsp3) is 0.519. The van der Waals surface area contributed by atoms with E-state index in [1.54, 1.807) is 14.2 Å². The van der Waals surface area contributed by atoms with Gasteiger partial charge in [0.1, 0.15) is 23.1 Å². The summed E-state index contributed by atoms with van der Waals surface area (Å²) in [6.45, 7) is 20.0. The van der Waals surface area contributed by atoms with Crippen molar-refractivity contribution < 1.29 is 9.47 Å². The second-order valence-electron chi connectivity index (χ2n) is 19.9. The molecule has 14 heteroatoms. The van der Waals surface area contributed by atoms with Gasteiger partial charge >= 0.3 is 0 Å². The summed E-state index contributed by atoms with van der Waals surface area (Å²) in [5.74, 6) is 8.12. The molecule has 14 nitrogen and oxygen atoms in total. The van der Waals surface area contributed by atoms with E-state index in [0.29, 0.717) is 23.9 Å². The van der Waals surface area contributed by atoms with Crippen LogP contribution < -0.4 is 9.47 Å². The lowest BCUT2D eigenvalue weighted by atomic mass is 9.79. The molecule has 0 saturated carbocycles. The van der Waals surface area contributed by atoms with Crippen molar-refractivity contribution in [3.8, 4) is 22.9 Å². The lowest BCUT2D eigenvalue weighted by Crippen LogP contribution is -2.40. The van der Waals surface area contributed by atoms with Crippen molar-refractivity contribution in [2.75, 3.05) is 40.4 Å². The van der Waals surface area contributed by atoms with Crippen molar-refractivity contribution in [2.45, 2.75) is 130 Å². The molecule has 0 N–H and O–H groups in total. The number of benzene rings is 2. The maximum absolute atomic E-state index is 5.65. The fourth-order valence-corrected chi connectivity index (χ4v) is 11.0. The van der Waals surface area contributed by atoms with Gasteiger partial charge in [-0.1, -0.05) is 24.3 Å². The van der Waals surface area contributed by atoms with Crippen molar-refractivity contribution in [1.29, 1.82) is 0 Å². The minimum atomic E-state index is 0.538. The number of imidazole rings is 2. The molecule has 68 heavy (non-hydrogen) atoms. The van der Waals surface area contributed by atoms with E-state index in [4.69, 9.17) is 29.6 Å². The predicted molar refractivity (Wildman–Crippen MR) is 270 cm³/mol. The van der Waals surface area contributed by atoms with E-state index < -0.39 is 0 Å². The topological polar surface area (TPSA) is 122 Å². The van der Waals surface area contributed by atoms with Crippen LogP contribution in [0.4, 0.5) is 0 Å². The molecule has 10 rings (SSSR count). The molecule has 360 valence electrons. The van der Waals surface area contributed by atoms with Crippen LogP contribution in [-0.4, -0.2) is 111 Å². The van der Waals surface area contributed by atoms with Gasteiger partial charge in [0.05, 0.1) is 49.6 Å². The number of aryl methyl sites for hydroxylation is 4. The quantitative estimate of drug-likeness (QED) is 0.117. The largest absolute Gasteiger partial charge is 0.495 e. The summed E-state index contributed by atoms with van der Waals surface area (Å²) in [5, 5.41) is 9.66. The van der Waals surface area contributed by atoms with E-state index in [9.17, 15) is 0 Å². The van der Waals surface area contributed by atoms with Crippen molar-refractivity contribution in [2.24, 2.45) is 11.8 Å². The van der Waals surface area contributed by atoms with Gasteiger partial charge in [-0.2, -0.15) is 10.2 Å². The van der Waals surface area contributed by atoms with Crippen LogP contribution in [0.25, 0.3) is 35.7 Å². The molecule has 0 amide bonds. The minimum Gasteiger partial charge on any atom is -0.495 e. The summed E-state index contributed by atoms with van der Waals surface area (Å²) in [5.41, 5.74) is 6.02. The number of piperidine rings is 2. The number of rotatable bonds is 12. The van der Waals surface area contributed by atoms with Gasteiger partial charge in [-0.25, -0.2) is 29.3 Å². The van der Waals surface area contributed by atoms with Crippen LogP contribution in [0, 0.1) is 25.7 Å². The van der Waals surface area contributed by atoms with Gasteiger partial charge in [-0.05, 0) is 178 Å². The third-order valence-corrected chi connectivity index (χ3v) is 14.9. The van der Waals surface area contributed by atoms with Gasteiger partial charge in [-0.15, -0.1) is 0 Å². The average molecular weight is 921 g/mol. The molecule has 2 atom stereocenters. The predicted octanol–water partition coefficient (Wildman–Crippen LogP) is 9.90. The second-order valence-corrected chi connectivity index (χ2v) is 19.9. The Morgan fingerprint density at radius 3 is 1.31 bits per heavy atom. The smallest absolute Gasteiger partial charge is 0.174 e. The molecule has 2 fully saturated rings. The van der Waals surface area contributed by atoms with Gasteiger partial charge in [0.25, 0.3) is 0 Å². The molecule has 4 aromatic heterocycles. The van der Waals surface area contributed by atoms with Crippen LogP contribution in [0.15, 0.2) is 61.4 Å². The Balaban J connectivity index is 0.000000170. The molecule has 0 radical (unpaired) electrons. The Kier molecular flexibility index (Phi) is 14.7. The zero-order valence-corrected chi connectivity index (χ0v) is 41.6. The monoisotopic (exact) mass is 921 g/mol. The van der Waals surface area contributed by atoms with Gasteiger partial charge in [0, 0.05) is 49.4 Å². The van der Waals surface area contributed by atoms with Crippen molar-refractivity contribution in [3.63, 3.8) is 0 Å². The van der Waals surface area contributed by atoms with Crippen molar-refractivity contribution in [1.82, 2.24) is 58.4 Å². The molecule has 2 saturated heterocycles. The first-order chi connectivity index (χ1) is 33.0. The third kappa shape index (κ3) is 10.7. The van der Waals surface area contributed by atoms with E-state index in [-0.39, 0.29) is 0 Å². The molecular formula is C54H72N12O2. The van der Waals surface area contributed by atoms with Crippen LogP contribution in [0.5, 0.6) is 11.5 Å². The zero-order valence-electron chi connectivity index (χ0n) is 41.6. The highest BCUT2D eigenvalue weighted by Gasteiger charge is 2.35. The van der Waals surface area contributed by atoms with Crippen LogP contribution in [-0.2, 0) is 13.1 Å². The summed E-state index contributed by atoms with van der Waals surface area (Å²) >= 11 is 0. The molecule has 8 heterocycles. The number of likely N-dealkylation sites (tertiary alicyclic amines) is 2. The number of hydrogen-bond donors (Lipinski definition) is 0. The van der Waals surface area contributed by atoms with Gasteiger partial charge in [-0.3, -0.25) is 0 Å². The van der Waals surface area contributed by atoms with Crippen LogP contribution in [0.2, 0.25) is 0 Å². The standard InChI is InChI=1S/2C27H36N6O/c2*1-19(2)31-14-11-22(12-15-31)23-6-5-13-33-27(23)29-26(30-33)10-8-21-7-9-24(25(16-21)34-4)32-17-20(3)28-18-32/h2*7-10,16-19,22-23H,5-6,11-15H2,1-4H3/b2*10-8+/t2*23-/m10/s1. The first-order valence-electron chi connectivity index (χ1n) is 25.1. The summed E-state index contributed by atoms with van der Waals surface area (Å²) in [7, 11) is 3.40. The van der Waals surface area contributed by atoms with E-state index in [2.05, 4.69) is 93.2 Å².